The smallest absolute Gasteiger partial charge is 0.326 e. The first-order valence-corrected chi connectivity index (χ1v) is 6.72. The molecule has 0 aliphatic carbocycles. The third-order valence-electron chi connectivity index (χ3n) is 2.65. The number of hydrogen-bond donors (Lipinski definition) is 4. The number of carboxylic acid groups (broad SMARTS) is 1. The minimum atomic E-state index is -1.32. The Labute approximate surface area is 120 Å². The van der Waals surface area contributed by atoms with Crippen molar-refractivity contribution < 1.29 is 19.5 Å². The topological polar surface area (TPSA) is 122 Å². The Hall–Kier alpha value is -2.09. The molecule has 0 aliphatic rings. The molecule has 1 heterocycles. The number of carbonyl (C=O) groups is 3. The summed E-state index contributed by atoms with van der Waals surface area (Å²) in [4.78, 5) is 35.3. The van der Waals surface area contributed by atoms with E-state index in [1.807, 2.05) is 19.9 Å². The van der Waals surface area contributed by atoms with E-state index in [0.29, 0.717) is 6.54 Å². The van der Waals surface area contributed by atoms with Crippen LogP contribution in [0.1, 0.15) is 21.7 Å². The summed E-state index contributed by atoms with van der Waals surface area (Å²) in [5, 5.41) is 13.6. The molecule has 0 radical (unpaired) electrons. The highest BCUT2D eigenvalue weighted by Crippen LogP contribution is 2.20. The van der Waals surface area contributed by atoms with E-state index in [-0.39, 0.29) is 0 Å². The molecule has 0 bridgehead atoms. The zero-order valence-electron chi connectivity index (χ0n) is 11.2. The van der Waals surface area contributed by atoms with Gasteiger partial charge in [0.15, 0.2) is 0 Å². The van der Waals surface area contributed by atoms with Gasteiger partial charge in [-0.3, -0.25) is 4.79 Å². The number of primary amides is 1. The Morgan fingerprint density at radius 3 is 2.50 bits per heavy atom. The Morgan fingerprint density at radius 1 is 1.40 bits per heavy atom. The molecule has 1 atom stereocenters. The number of hydrogen-bond acceptors (Lipinski definition) is 4. The zero-order chi connectivity index (χ0) is 15.3. The second-order valence-electron chi connectivity index (χ2n) is 4.34. The molecule has 1 aromatic heterocycles. The van der Waals surface area contributed by atoms with E-state index < -0.39 is 30.4 Å². The van der Waals surface area contributed by atoms with Gasteiger partial charge in [0.1, 0.15) is 6.04 Å². The first-order valence-electron chi connectivity index (χ1n) is 5.91. The summed E-state index contributed by atoms with van der Waals surface area (Å²) in [6.07, 6.45) is -0.444. The second kappa shape index (κ2) is 6.90. The molecule has 8 heteroatoms. The van der Waals surface area contributed by atoms with E-state index in [9.17, 15) is 14.4 Å². The number of carboxylic acids is 1. The van der Waals surface area contributed by atoms with Crippen molar-refractivity contribution in [3.63, 3.8) is 0 Å². The van der Waals surface area contributed by atoms with Crippen molar-refractivity contribution in [1.29, 1.82) is 0 Å². The third-order valence-corrected chi connectivity index (χ3v) is 3.80. The average molecular weight is 299 g/mol. The molecule has 5 N–H and O–H groups in total. The molecule has 1 unspecified atom stereocenters. The van der Waals surface area contributed by atoms with Crippen LogP contribution < -0.4 is 16.4 Å². The number of aliphatic carboxylic acids is 1. The standard InChI is InChI=1S/C12H17N3O4S/c1-6-3-8(20-7(6)2)5-14-12(19)15-9(11(17)18)4-10(13)16/h3,9H,4-5H2,1-2H3,(H2,13,16)(H,17,18)(H2,14,15,19). The number of carbonyl (C=O) groups excluding carboxylic acids is 2. The summed E-state index contributed by atoms with van der Waals surface area (Å²) in [7, 11) is 0. The molecule has 0 aliphatic heterocycles. The van der Waals surface area contributed by atoms with E-state index in [0.717, 1.165) is 10.4 Å². The van der Waals surface area contributed by atoms with E-state index >= 15 is 0 Å². The number of thiophene rings is 1. The van der Waals surface area contributed by atoms with Crippen molar-refractivity contribution in [3.8, 4) is 0 Å². The average Bonchev–Trinajstić information content (AvgIpc) is 2.65. The van der Waals surface area contributed by atoms with Gasteiger partial charge in [0.05, 0.1) is 13.0 Å². The van der Waals surface area contributed by atoms with Gasteiger partial charge in [-0.15, -0.1) is 11.3 Å². The van der Waals surface area contributed by atoms with E-state index in [1.54, 1.807) is 11.3 Å². The minimum absolute atomic E-state index is 0.300. The fourth-order valence-corrected chi connectivity index (χ4v) is 2.51. The summed E-state index contributed by atoms with van der Waals surface area (Å²) in [5.74, 6) is -2.09. The van der Waals surface area contributed by atoms with Gasteiger partial charge in [-0.05, 0) is 25.5 Å². The van der Waals surface area contributed by atoms with Crippen LogP contribution in [0.25, 0.3) is 0 Å². The van der Waals surface area contributed by atoms with Crippen molar-refractivity contribution in [1.82, 2.24) is 10.6 Å². The van der Waals surface area contributed by atoms with Crippen molar-refractivity contribution in [2.24, 2.45) is 5.73 Å². The van der Waals surface area contributed by atoms with Crippen molar-refractivity contribution in [2.45, 2.75) is 32.9 Å². The molecule has 0 saturated carbocycles. The summed E-state index contributed by atoms with van der Waals surface area (Å²) >= 11 is 1.56. The predicted molar refractivity (Wildman–Crippen MR) is 74.4 cm³/mol. The number of aryl methyl sites for hydroxylation is 2. The molecule has 20 heavy (non-hydrogen) atoms. The molecular formula is C12H17N3O4S. The Bertz CT molecular complexity index is 507. The zero-order valence-corrected chi connectivity index (χ0v) is 12.0. The van der Waals surface area contributed by atoms with E-state index in [4.69, 9.17) is 10.8 Å². The summed E-state index contributed by atoms with van der Waals surface area (Å²) in [6, 6.07) is -0.0140. The molecule has 0 fully saturated rings. The van der Waals surface area contributed by atoms with Crippen LogP contribution in [-0.2, 0) is 16.1 Å². The molecule has 110 valence electrons. The molecule has 7 nitrogen and oxygen atoms in total. The van der Waals surface area contributed by atoms with Crippen LogP contribution >= 0.6 is 11.3 Å². The predicted octanol–water partition coefficient (Wildman–Crippen LogP) is 0.493. The van der Waals surface area contributed by atoms with Gasteiger partial charge in [0.25, 0.3) is 0 Å². The van der Waals surface area contributed by atoms with Gasteiger partial charge in [-0.25, -0.2) is 9.59 Å². The van der Waals surface area contributed by atoms with Gasteiger partial charge in [-0.2, -0.15) is 0 Å². The molecular weight excluding hydrogens is 282 g/mol. The van der Waals surface area contributed by atoms with Crippen LogP contribution in [0, 0.1) is 13.8 Å². The fourth-order valence-electron chi connectivity index (χ4n) is 1.51. The van der Waals surface area contributed by atoms with Crippen molar-refractivity contribution >= 4 is 29.2 Å². The second-order valence-corrected chi connectivity index (χ2v) is 5.68. The lowest BCUT2D eigenvalue weighted by atomic mass is 10.2. The Kier molecular flexibility index (Phi) is 5.51. The number of urea groups is 1. The monoisotopic (exact) mass is 299 g/mol. The molecule has 3 amide bonds. The van der Waals surface area contributed by atoms with Gasteiger partial charge in [0.2, 0.25) is 5.91 Å². The van der Waals surface area contributed by atoms with E-state index in [1.165, 1.54) is 4.88 Å². The lowest BCUT2D eigenvalue weighted by molar-refractivity contribution is -0.140. The summed E-state index contributed by atoms with van der Waals surface area (Å²) in [6.45, 7) is 4.26. The fraction of sp³-hybridized carbons (Fsp3) is 0.417. The largest absolute Gasteiger partial charge is 0.480 e. The maximum absolute atomic E-state index is 11.6. The first-order chi connectivity index (χ1) is 9.29. The lowest BCUT2D eigenvalue weighted by Crippen LogP contribution is -2.47. The summed E-state index contributed by atoms with van der Waals surface area (Å²) < 4.78 is 0. The van der Waals surface area contributed by atoms with Crippen LogP contribution in [-0.4, -0.2) is 29.1 Å². The quantitative estimate of drug-likeness (QED) is 0.610. The molecule has 0 aromatic carbocycles. The summed E-state index contributed by atoms with van der Waals surface area (Å²) in [5.41, 5.74) is 6.06. The third kappa shape index (κ3) is 4.88. The van der Waals surface area contributed by atoms with Gasteiger partial charge in [0, 0.05) is 9.75 Å². The van der Waals surface area contributed by atoms with Crippen molar-refractivity contribution in [2.75, 3.05) is 0 Å². The Morgan fingerprint density at radius 2 is 2.05 bits per heavy atom. The molecule has 1 rings (SSSR count). The van der Waals surface area contributed by atoms with E-state index in [2.05, 4.69) is 10.6 Å². The normalized spacial score (nSPS) is 11.7. The van der Waals surface area contributed by atoms with Crippen LogP contribution in [0.5, 0.6) is 0 Å². The number of amides is 3. The highest BCUT2D eigenvalue weighted by atomic mass is 32.1. The van der Waals surface area contributed by atoms with Crippen LogP contribution in [0.15, 0.2) is 6.07 Å². The number of nitrogens with one attached hydrogen (secondary N) is 2. The molecule has 0 saturated heterocycles. The highest BCUT2D eigenvalue weighted by molar-refractivity contribution is 7.12. The lowest BCUT2D eigenvalue weighted by Gasteiger charge is -2.13. The first kappa shape index (κ1) is 16.0. The minimum Gasteiger partial charge on any atom is -0.480 e. The highest BCUT2D eigenvalue weighted by Gasteiger charge is 2.21. The van der Waals surface area contributed by atoms with Gasteiger partial charge in [-0.1, -0.05) is 0 Å². The maximum Gasteiger partial charge on any atom is 0.326 e. The number of rotatable bonds is 6. The van der Waals surface area contributed by atoms with Crippen molar-refractivity contribution in [3.05, 3.63) is 21.4 Å². The van der Waals surface area contributed by atoms with Crippen LogP contribution in [0.3, 0.4) is 0 Å². The Balaban J connectivity index is 2.49. The van der Waals surface area contributed by atoms with Crippen LogP contribution in [0.2, 0.25) is 0 Å². The SMILES string of the molecule is Cc1cc(CNC(=O)NC(CC(N)=O)C(=O)O)sc1C. The van der Waals surface area contributed by atoms with Crippen LogP contribution in [0.4, 0.5) is 4.79 Å². The number of nitrogens with two attached hydrogens (primary N) is 1. The molecule has 0 spiro atoms. The van der Waals surface area contributed by atoms with Gasteiger partial charge < -0.3 is 21.5 Å². The van der Waals surface area contributed by atoms with Gasteiger partial charge >= 0.3 is 12.0 Å². The maximum atomic E-state index is 11.6. The molecule has 1 aromatic rings.